The fourth-order valence-electron chi connectivity index (χ4n) is 3.97. The molecule has 1 saturated carbocycles. The Hall–Kier alpha value is -0.0800. The highest BCUT2D eigenvalue weighted by Gasteiger charge is 2.35. The number of rotatable bonds is 3. The molecule has 18 heavy (non-hydrogen) atoms. The van der Waals surface area contributed by atoms with Gasteiger partial charge in [-0.25, -0.2) is 0 Å². The molecule has 106 valence electrons. The van der Waals surface area contributed by atoms with E-state index in [0.717, 1.165) is 12.5 Å². The predicted octanol–water partition coefficient (Wildman–Crippen LogP) is 3.44. The summed E-state index contributed by atoms with van der Waals surface area (Å²) in [6, 6.07) is 0.709. The van der Waals surface area contributed by atoms with Crippen LogP contribution in [0, 0.1) is 11.3 Å². The Labute approximate surface area is 113 Å². The third-order valence-corrected chi connectivity index (χ3v) is 5.31. The van der Waals surface area contributed by atoms with Crippen molar-refractivity contribution in [2.45, 2.75) is 71.3 Å². The molecule has 0 aromatic rings. The lowest BCUT2D eigenvalue weighted by Crippen LogP contribution is -2.47. The highest BCUT2D eigenvalue weighted by atomic mass is 16.3. The minimum atomic E-state index is 0.214. The molecule has 0 bridgehead atoms. The minimum Gasteiger partial charge on any atom is -0.396 e. The van der Waals surface area contributed by atoms with E-state index in [1.807, 2.05) is 0 Å². The van der Waals surface area contributed by atoms with Crippen molar-refractivity contribution in [3.8, 4) is 0 Å². The maximum atomic E-state index is 9.91. The van der Waals surface area contributed by atoms with Crippen molar-refractivity contribution in [1.29, 1.82) is 0 Å². The number of hydrogen-bond acceptors (Lipinski definition) is 2. The van der Waals surface area contributed by atoms with Crippen LogP contribution < -0.4 is 0 Å². The molecule has 1 aliphatic heterocycles. The average molecular weight is 253 g/mol. The third-order valence-electron chi connectivity index (χ3n) is 5.31. The molecule has 1 N–H and O–H groups in total. The van der Waals surface area contributed by atoms with Crippen molar-refractivity contribution in [3.05, 3.63) is 0 Å². The monoisotopic (exact) mass is 253 g/mol. The van der Waals surface area contributed by atoms with Crippen molar-refractivity contribution in [3.63, 3.8) is 0 Å². The predicted molar refractivity (Wildman–Crippen MR) is 76.7 cm³/mol. The van der Waals surface area contributed by atoms with Crippen LogP contribution in [-0.4, -0.2) is 35.7 Å². The topological polar surface area (TPSA) is 23.5 Å². The first-order valence-corrected chi connectivity index (χ1v) is 8.00. The molecule has 0 amide bonds. The summed E-state index contributed by atoms with van der Waals surface area (Å²) in [4.78, 5) is 2.65. The van der Waals surface area contributed by atoms with Gasteiger partial charge in [0.25, 0.3) is 0 Å². The van der Waals surface area contributed by atoms with E-state index in [9.17, 15) is 5.11 Å². The van der Waals surface area contributed by atoms with Gasteiger partial charge in [0.2, 0.25) is 0 Å². The van der Waals surface area contributed by atoms with Crippen LogP contribution in [0.5, 0.6) is 0 Å². The zero-order valence-electron chi connectivity index (χ0n) is 12.3. The summed E-state index contributed by atoms with van der Waals surface area (Å²) >= 11 is 0. The molecule has 1 saturated heterocycles. The van der Waals surface area contributed by atoms with Gasteiger partial charge in [0, 0.05) is 24.6 Å². The van der Waals surface area contributed by atoms with Crippen LogP contribution in [0.15, 0.2) is 0 Å². The van der Waals surface area contributed by atoms with Gasteiger partial charge >= 0.3 is 0 Å². The lowest BCUT2D eigenvalue weighted by molar-refractivity contribution is 0.0241. The molecule has 0 aromatic heterocycles. The van der Waals surface area contributed by atoms with Crippen LogP contribution >= 0.6 is 0 Å². The first-order valence-electron chi connectivity index (χ1n) is 8.00. The second kappa shape index (κ2) is 6.38. The van der Waals surface area contributed by atoms with E-state index in [1.165, 1.54) is 57.9 Å². The molecular formula is C16H31NO. The van der Waals surface area contributed by atoms with Gasteiger partial charge in [0.15, 0.2) is 0 Å². The van der Waals surface area contributed by atoms with Gasteiger partial charge in [0.1, 0.15) is 0 Å². The number of likely N-dealkylation sites (tertiary alicyclic amines) is 1. The summed E-state index contributed by atoms with van der Waals surface area (Å²) in [6.45, 7) is 7.52. The standard InChI is InChI=1S/C16H31NO/c1-14-7-10-17(15(2)11-14)12-16(13-18)8-5-3-4-6-9-16/h14-15,18H,3-13H2,1-2H3. The number of aliphatic hydroxyl groups excluding tert-OH is 1. The summed E-state index contributed by atoms with van der Waals surface area (Å²) in [5.41, 5.74) is 0.214. The van der Waals surface area contributed by atoms with Gasteiger partial charge < -0.3 is 10.0 Å². The molecule has 0 aromatic carbocycles. The summed E-state index contributed by atoms with van der Waals surface area (Å²) in [5, 5.41) is 9.91. The smallest absolute Gasteiger partial charge is 0.0499 e. The molecule has 2 aliphatic rings. The highest BCUT2D eigenvalue weighted by Crippen LogP contribution is 2.37. The lowest BCUT2D eigenvalue weighted by Gasteiger charge is -2.43. The van der Waals surface area contributed by atoms with E-state index < -0.39 is 0 Å². The van der Waals surface area contributed by atoms with Crippen molar-refractivity contribution in [2.24, 2.45) is 11.3 Å². The van der Waals surface area contributed by atoms with Crippen LogP contribution in [0.25, 0.3) is 0 Å². The van der Waals surface area contributed by atoms with E-state index in [4.69, 9.17) is 0 Å². The van der Waals surface area contributed by atoms with Crippen LogP contribution in [-0.2, 0) is 0 Å². The van der Waals surface area contributed by atoms with Gasteiger partial charge in [-0.15, -0.1) is 0 Å². The highest BCUT2D eigenvalue weighted by molar-refractivity contribution is 4.88. The fourth-order valence-corrected chi connectivity index (χ4v) is 3.97. The Kier molecular flexibility index (Phi) is 5.08. The quantitative estimate of drug-likeness (QED) is 0.779. The molecule has 2 fully saturated rings. The van der Waals surface area contributed by atoms with Crippen LogP contribution in [0.4, 0.5) is 0 Å². The largest absolute Gasteiger partial charge is 0.396 e. The molecule has 2 heteroatoms. The van der Waals surface area contributed by atoms with Crippen molar-refractivity contribution >= 4 is 0 Å². The van der Waals surface area contributed by atoms with Crippen molar-refractivity contribution in [2.75, 3.05) is 19.7 Å². The normalized spacial score (nSPS) is 34.2. The molecule has 0 radical (unpaired) electrons. The summed E-state index contributed by atoms with van der Waals surface area (Å²) in [6.07, 6.45) is 10.5. The second-order valence-corrected chi connectivity index (χ2v) is 7.02. The molecule has 1 aliphatic carbocycles. The van der Waals surface area contributed by atoms with Gasteiger partial charge in [-0.3, -0.25) is 0 Å². The Morgan fingerprint density at radius 1 is 1.11 bits per heavy atom. The van der Waals surface area contributed by atoms with Crippen LogP contribution in [0.2, 0.25) is 0 Å². The van der Waals surface area contributed by atoms with Gasteiger partial charge in [-0.05, 0) is 45.1 Å². The Bertz CT molecular complexity index is 245. The number of nitrogens with zero attached hydrogens (tertiary/aromatic N) is 1. The molecule has 2 rings (SSSR count). The van der Waals surface area contributed by atoms with Gasteiger partial charge in [-0.2, -0.15) is 0 Å². The molecular weight excluding hydrogens is 222 g/mol. The first kappa shape index (κ1) is 14.3. The molecule has 1 heterocycles. The van der Waals surface area contributed by atoms with E-state index in [-0.39, 0.29) is 5.41 Å². The van der Waals surface area contributed by atoms with Crippen molar-refractivity contribution < 1.29 is 5.11 Å². The molecule has 0 spiro atoms. The average Bonchev–Trinajstić information content (AvgIpc) is 2.59. The minimum absolute atomic E-state index is 0.214. The zero-order valence-corrected chi connectivity index (χ0v) is 12.3. The van der Waals surface area contributed by atoms with Crippen LogP contribution in [0.3, 0.4) is 0 Å². The zero-order chi connectivity index (χ0) is 13.0. The molecule has 2 nitrogen and oxygen atoms in total. The Morgan fingerprint density at radius 2 is 1.78 bits per heavy atom. The second-order valence-electron chi connectivity index (χ2n) is 7.02. The maximum absolute atomic E-state index is 9.91. The first-order chi connectivity index (χ1) is 8.65. The summed E-state index contributed by atoms with van der Waals surface area (Å²) in [5.74, 6) is 0.885. The van der Waals surface area contributed by atoms with E-state index in [2.05, 4.69) is 18.7 Å². The van der Waals surface area contributed by atoms with E-state index >= 15 is 0 Å². The lowest BCUT2D eigenvalue weighted by atomic mass is 9.79. The molecule has 2 atom stereocenters. The van der Waals surface area contributed by atoms with Gasteiger partial charge in [-0.1, -0.05) is 32.6 Å². The van der Waals surface area contributed by atoms with Gasteiger partial charge in [0.05, 0.1) is 0 Å². The summed E-state index contributed by atoms with van der Waals surface area (Å²) in [7, 11) is 0. The van der Waals surface area contributed by atoms with Crippen molar-refractivity contribution in [1.82, 2.24) is 4.90 Å². The molecule has 2 unspecified atom stereocenters. The number of hydrogen-bond donors (Lipinski definition) is 1. The third kappa shape index (κ3) is 3.48. The SMILES string of the molecule is CC1CCN(CC2(CO)CCCCCC2)C(C)C1. The summed E-state index contributed by atoms with van der Waals surface area (Å²) < 4.78 is 0. The fraction of sp³-hybridized carbons (Fsp3) is 1.00. The Balaban J connectivity index is 1.96. The van der Waals surface area contributed by atoms with Crippen LogP contribution in [0.1, 0.15) is 65.2 Å². The van der Waals surface area contributed by atoms with E-state index in [1.54, 1.807) is 0 Å². The number of piperidine rings is 1. The Morgan fingerprint density at radius 3 is 2.33 bits per heavy atom. The number of aliphatic hydroxyl groups is 1. The van der Waals surface area contributed by atoms with E-state index in [0.29, 0.717) is 12.6 Å². The maximum Gasteiger partial charge on any atom is 0.0499 e.